The van der Waals surface area contributed by atoms with Gasteiger partial charge in [-0.3, -0.25) is 9.59 Å². The van der Waals surface area contributed by atoms with Gasteiger partial charge in [-0.25, -0.2) is 4.99 Å². The number of Topliss-reactive ketones (excluding diaryl/α,β-unsaturated/α-hetero) is 1. The Morgan fingerprint density at radius 1 is 1.38 bits per heavy atom. The zero-order valence-electron chi connectivity index (χ0n) is 17.6. The third kappa shape index (κ3) is 4.11. The molecule has 0 radical (unpaired) electrons. The molecule has 1 aromatic rings. The van der Waals surface area contributed by atoms with Crippen LogP contribution in [-0.4, -0.2) is 47.9 Å². The summed E-state index contributed by atoms with van der Waals surface area (Å²) in [5.41, 5.74) is 7.25. The van der Waals surface area contributed by atoms with Gasteiger partial charge >= 0.3 is 12.6 Å². The first-order chi connectivity index (χ1) is 15.2. The van der Waals surface area contributed by atoms with E-state index in [-0.39, 0.29) is 42.2 Å². The molecule has 3 N–H and O–H groups in total. The lowest BCUT2D eigenvalue weighted by Gasteiger charge is -2.36. The number of aliphatic imine (C=N–C) groups is 1. The minimum Gasteiger partial charge on any atom is -0.481 e. The molecule has 1 fully saturated rings. The van der Waals surface area contributed by atoms with E-state index in [1.54, 1.807) is 11.9 Å². The van der Waals surface area contributed by atoms with Gasteiger partial charge in [-0.05, 0) is 48.0 Å². The molecule has 0 amide bonds. The minimum atomic E-state index is -2.99. The molecule has 9 heteroatoms. The second-order valence-electron chi connectivity index (χ2n) is 8.64. The summed E-state index contributed by atoms with van der Waals surface area (Å²) in [4.78, 5) is 30.3. The van der Waals surface area contributed by atoms with Crippen molar-refractivity contribution in [3.05, 3.63) is 58.9 Å². The van der Waals surface area contributed by atoms with Crippen molar-refractivity contribution in [3.8, 4) is 0 Å². The molecule has 7 nitrogen and oxygen atoms in total. The topological polar surface area (TPSA) is 105 Å². The van der Waals surface area contributed by atoms with Crippen molar-refractivity contribution in [1.82, 2.24) is 4.90 Å². The van der Waals surface area contributed by atoms with E-state index < -0.39 is 18.1 Å². The predicted octanol–water partition coefficient (Wildman–Crippen LogP) is 3.13. The van der Waals surface area contributed by atoms with E-state index >= 15 is 0 Å². The number of nitrogens with zero attached hydrogens (tertiary/aromatic N) is 2. The number of benzene rings is 1. The van der Waals surface area contributed by atoms with Gasteiger partial charge in [0.05, 0.1) is 13.0 Å². The van der Waals surface area contributed by atoms with Crippen LogP contribution in [-0.2, 0) is 19.9 Å². The van der Waals surface area contributed by atoms with Gasteiger partial charge in [-0.15, -0.1) is 0 Å². The second-order valence-corrected chi connectivity index (χ2v) is 8.64. The molecule has 2 aliphatic carbocycles. The third-order valence-corrected chi connectivity index (χ3v) is 6.45. The molecule has 1 unspecified atom stereocenters. The molecule has 4 rings (SSSR count). The highest BCUT2D eigenvalue weighted by atomic mass is 19.3. The zero-order valence-corrected chi connectivity index (χ0v) is 17.6. The number of likely N-dealkylation sites (N-methyl/N-ethyl adjacent to an activating group) is 1. The minimum absolute atomic E-state index is 0.0834. The van der Waals surface area contributed by atoms with Crippen LogP contribution < -0.4 is 5.73 Å². The highest BCUT2D eigenvalue weighted by Gasteiger charge is 2.46. The van der Waals surface area contributed by atoms with Crippen LogP contribution in [0.3, 0.4) is 0 Å². The summed E-state index contributed by atoms with van der Waals surface area (Å²) in [7, 11) is 1.78. The third-order valence-electron chi connectivity index (χ3n) is 6.45. The molecule has 170 valence electrons. The Balaban J connectivity index is 1.67. The maximum absolute atomic E-state index is 13.0. The molecule has 1 heterocycles. The summed E-state index contributed by atoms with van der Waals surface area (Å²) in [6.45, 7) is -2.65. The fourth-order valence-corrected chi connectivity index (χ4v) is 4.81. The smallest absolute Gasteiger partial charge is 0.387 e. The largest absolute Gasteiger partial charge is 0.481 e. The van der Waals surface area contributed by atoms with Gasteiger partial charge in [0.25, 0.3) is 0 Å². The molecule has 0 bridgehead atoms. The Bertz CT molecular complexity index is 1030. The Morgan fingerprint density at radius 3 is 2.72 bits per heavy atom. The lowest BCUT2D eigenvalue weighted by atomic mass is 9.69. The Hall–Kier alpha value is -3.23. The molecule has 3 aliphatic rings. The predicted molar refractivity (Wildman–Crippen MR) is 113 cm³/mol. The maximum Gasteiger partial charge on any atom is 0.387 e. The Labute approximate surface area is 184 Å². The number of carbonyl (C=O) groups is 2. The average Bonchev–Trinajstić information content (AvgIpc) is 2.99. The number of hydrogen-bond acceptors (Lipinski definition) is 6. The van der Waals surface area contributed by atoms with E-state index in [4.69, 9.17) is 10.8 Å². The van der Waals surface area contributed by atoms with Crippen molar-refractivity contribution in [2.75, 3.05) is 13.6 Å². The Morgan fingerprint density at radius 2 is 2.12 bits per heavy atom. The number of halogens is 2. The van der Waals surface area contributed by atoms with E-state index in [0.717, 1.165) is 24.0 Å². The number of rotatable bonds is 7. The number of carboxylic acids is 1. The summed E-state index contributed by atoms with van der Waals surface area (Å²) in [5, 5.41) is 8.99. The number of guanidine groups is 1. The zero-order chi connectivity index (χ0) is 23.0. The number of allylic oxidation sites excluding steroid dienone is 3. The van der Waals surface area contributed by atoms with Crippen molar-refractivity contribution in [3.63, 3.8) is 0 Å². The first-order valence-electron chi connectivity index (χ1n) is 10.5. The van der Waals surface area contributed by atoms with E-state index in [1.165, 1.54) is 12.2 Å². The normalized spacial score (nSPS) is 27.6. The summed E-state index contributed by atoms with van der Waals surface area (Å²) < 4.78 is 29.6. The Kier molecular flexibility index (Phi) is 5.75. The van der Waals surface area contributed by atoms with Gasteiger partial charge in [0.1, 0.15) is 11.3 Å². The van der Waals surface area contributed by atoms with Crippen LogP contribution in [0, 0.1) is 5.92 Å². The van der Waals surface area contributed by atoms with Gasteiger partial charge in [0, 0.05) is 19.0 Å². The van der Waals surface area contributed by atoms with Gasteiger partial charge in [-0.1, -0.05) is 24.3 Å². The molecular formula is C23H25F2N3O4. The van der Waals surface area contributed by atoms with Crippen molar-refractivity contribution in [2.45, 2.75) is 43.8 Å². The number of aliphatic carboxylic acids is 1. The van der Waals surface area contributed by atoms with E-state index in [2.05, 4.69) is 9.73 Å². The SMILES string of the molecule is CN1CC(C2=CC=C(OC(F)F)CC2=O)(c2cccc(C3CC(CC(=O)O)C3)c2)N=C1N. The number of carboxylic acid groups (broad SMARTS) is 1. The number of alkyl halides is 2. The number of ketones is 1. The summed E-state index contributed by atoms with van der Waals surface area (Å²) in [6, 6.07) is 7.78. The second kappa shape index (κ2) is 8.37. The van der Waals surface area contributed by atoms with E-state index in [0.29, 0.717) is 12.1 Å². The quantitative estimate of drug-likeness (QED) is 0.668. The number of carbonyl (C=O) groups excluding carboxylic acids is 1. The van der Waals surface area contributed by atoms with Crippen molar-refractivity contribution in [2.24, 2.45) is 16.6 Å². The summed E-state index contributed by atoms with van der Waals surface area (Å²) in [5.74, 6) is -0.509. The van der Waals surface area contributed by atoms with Crippen LogP contribution in [0.1, 0.15) is 42.7 Å². The molecule has 1 aliphatic heterocycles. The van der Waals surface area contributed by atoms with Gasteiger partial charge < -0.3 is 20.5 Å². The van der Waals surface area contributed by atoms with Crippen LogP contribution in [0.15, 0.2) is 52.7 Å². The van der Waals surface area contributed by atoms with Crippen molar-refractivity contribution < 1.29 is 28.2 Å². The van der Waals surface area contributed by atoms with E-state index in [1.807, 2.05) is 24.3 Å². The fraction of sp³-hybridized carbons (Fsp3) is 0.435. The summed E-state index contributed by atoms with van der Waals surface area (Å²) >= 11 is 0. The molecular weight excluding hydrogens is 420 g/mol. The van der Waals surface area contributed by atoms with Gasteiger partial charge in [0.15, 0.2) is 11.7 Å². The first-order valence-corrected chi connectivity index (χ1v) is 10.5. The lowest BCUT2D eigenvalue weighted by Crippen LogP contribution is -2.38. The van der Waals surface area contributed by atoms with Gasteiger partial charge in [0.2, 0.25) is 0 Å². The molecule has 32 heavy (non-hydrogen) atoms. The highest BCUT2D eigenvalue weighted by Crippen LogP contribution is 2.46. The van der Waals surface area contributed by atoms with E-state index in [9.17, 15) is 18.4 Å². The number of ether oxygens (including phenoxy) is 1. The number of nitrogens with two attached hydrogens (primary N) is 1. The first kappa shape index (κ1) is 22.0. The fourth-order valence-electron chi connectivity index (χ4n) is 4.81. The maximum atomic E-state index is 13.0. The van der Waals surface area contributed by atoms with Crippen LogP contribution in [0.5, 0.6) is 0 Å². The van der Waals surface area contributed by atoms with Crippen molar-refractivity contribution in [1.29, 1.82) is 0 Å². The molecule has 1 aromatic carbocycles. The van der Waals surface area contributed by atoms with Crippen LogP contribution in [0.25, 0.3) is 0 Å². The lowest BCUT2D eigenvalue weighted by molar-refractivity contribution is -0.139. The molecule has 0 saturated heterocycles. The summed E-state index contributed by atoms with van der Waals surface area (Å²) in [6.07, 6.45) is 4.39. The van der Waals surface area contributed by atoms with Crippen molar-refractivity contribution >= 4 is 17.7 Å². The molecule has 0 aromatic heterocycles. The van der Waals surface area contributed by atoms with Crippen LogP contribution >= 0.6 is 0 Å². The molecule has 1 atom stereocenters. The van der Waals surface area contributed by atoms with Gasteiger partial charge in [-0.2, -0.15) is 8.78 Å². The highest BCUT2D eigenvalue weighted by molar-refractivity contribution is 6.01. The molecule has 1 saturated carbocycles. The number of hydrogen-bond donors (Lipinski definition) is 2. The monoisotopic (exact) mass is 445 g/mol. The van der Waals surface area contributed by atoms with Crippen LogP contribution in [0.4, 0.5) is 8.78 Å². The average molecular weight is 445 g/mol. The standard InChI is InChI=1S/C23H25F2N3O4/c1-28-12-23(27-22(28)26,18-6-5-17(11-19(18)29)32-21(24)25)16-4-2-3-14(10-16)15-7-13(8-15)9-20(30)31/h2-6,10,13,15,21H,7-9,11-12H2,1H3,(H2,26,27)(H,30,31). The molecule has 0 spiro atoms. The van der Waals surface area contributed by atoms with Crippen LogP contribution in [0.2, 0.25) is 0 Å².